The van der Waals surface area contributed by atoms with Gasteiger partial charge in [0.05, 0.1) is 11.9 Å². The van der Waals surface area contributed by atoms with Crippen molar-refractivity contribution in [2.24, 2.45) is 11.8 Å². The molecule has 1 aliphatic rings. The van der Waals surface area contributed by atoms with E-state index in [9.17, 15) is 13.2 Å². The highest BCUT2D eigenvalue weighted by Crippen LogP contribution is 2.29. The van der Waals surface area contributed by atoms with Gasteiger partial charge in [0.15, 0.2) is 0 Å². The largest absolute Gasteiger partial charge is 0.216 e. The van der Waals surface area contributed by atoms with E-state index < -0.39 is 11.6 Å². The number of hydrogen-bond acceptors (Lipinski definition) is 0. The summed E-state index contributed by atoms with van der Waals surface area (Å²) in [4.78, 5) is 0. The Kier molecular flexibility index (Phi) is 6.12. The minimum atomic E-state index is -0.579. The van der Waals surface area contributed by atoms with Crippen molar-refractivity contribution < 1.29 is 13.2 Å². The van der Waals surface area contributed by atoms with Crippen LogP contribution in [0, 0.1) is 35.3 Å². The molecule has 118 valence electrons. The Bertz CT molecular complexity index is 561. The van der Waals surface area contributed by atoms with Crippen LogP contribution in [0.2, 0.25) is 0 Å². The van der Waals surface area contributed by atoms with E-state index in [1.165, 1.54) is 12.1 Å². The minimum Gasteiger partial charge on any atom is -0.216 e. The second-order valence-electron chi connectivity index (χ2n) is 5.88. The van der Waals surface area contributed by atoms with Gasteiger partial charge in [0, 0.05) is 5.92 Å². The average molecular weight is 306 g/mol. The van der Waals surface area contributed by atoms with Crippen LogP contribution in [-0.2, 0) is 6.42 Å². The van der Waals surface area contributed by atoms with Gasteiger partial charge in [-0.3, -0.25) is 0 Å². The zero-order valence-corrected chi connectivity index (χ0v) is 12.8. The van der Waals surface area contributed by atoms with Crippen LogP contribution in [0.3, 0.4) is 0 Å². The van der Waals surface area contributed by atoms with Crippen LogP contribution in [0.5, 0.6) is 0 Å². The van der Waals surface area contributed by atoms with E-state index in [0.717, 1.165) is 32.1 Å². The summed E-state index contributed by atoms with van der Waals surface area (Å²) in [5.41, 5.74) is 0.534. The molecular formula is C19H21F3. The van der Waals surface area contributed by atoms with Gasteiger partial charge in [-0.25, -0.2) is 13.2 Å². The van der Waals surface area contributed by atoms with Crippen molar-refractivity contribution in [3.63, 3.8) is 0 Å². The molecule has 0 radical (unpaired) electrons. The molecule has 1 fully saturated rings. The Labute approximate surface area is 130 Å². The molecule has 0 spiro atoms. The van der Waals surface area contributed by atoms with Crippen molar-refractivity contribution in [1.82, 2.24) is 0 Å². The molecule has 0 bridgehead atoms. The normalized spacial score (nSPS) is 21.6. The molecule has 2 rings (SSSR count). The Morgan fingerprint density at radius 2 is 1.77 bits per heavy atom. The smallest absolute Gasteiger partial charge is 0.142 e. The predicted molar refractivity (Wildman–Crippen MR) is 82.9 cm³/mol. The van der Waals surface area contributed by atoms with E-state index in [4.69, 9.17) is 0 Å². The summed E-state index contributed by atoms with van der Waals surface area (Å²) in [5, 5.41) is 0. The zero-order valence-electron chi connectivity index (χ0n) is 12.8. The van der Waals surface area contributed by atoms with Crippen LogP contribution in [0.4, 0.5) is 13.2 Å². The van der Waals surface area contributed by atoms with Gasteiger partial charge in [-0.15, -0.1) is 0 Å². The molecule has 0 heterocycles. The summed E-state index contributed by atoms with van der Waals surface area (Å²) >= 11 is 0. The highest BCUT2D eigenvalue weighted by Gasteiger charge is 2.18. The average Bonchev–Trinajstić information content (AvgIpc) is 2.49. The fourth-order valence-corrected chi connectivity index (χ4v) is 2.91. The van der Waals surface area contributed by atoms with Gasteiger partial charge >= 0.3 is 0 Å². The maximum atomic E-state index is 14.0. The standard InChI is InChI=1S/C19H21F3/c1-2-3-16-12-18(21)17(19(22)13-16)9-8-14-4-6-15(7-5-14)10-11-20/h10-15H,2-7H2,1H3/b11-10+. The monoisotopic (exact) mass is 306 g/mol. The summed E-state index contributed by atoms with van der Waals surface area (Å²) in [5.74, 6) is 4.91. The summed E-state index contributed by atoms with van der Waals surface area (Å²) in [7, 11) is 0. The van der Waals surface area contributed by atoms with E-state index in [0.29, 0.717) is 18.3 Å². The number of benzene rings is 1. The van der Waals surface area contributed by atoms with Gasteiger partial charge in [-0.05, 0) is 55.7 Å². The van der Waals surface area contributed by atoms with Crippen molar-refractivity contribution in [2.75, 3.05) is 0 Å². The van der Waals surface area contributed by atoms with E-state index >= 15 is 0 Å². The van der Waals surface area contributed by atoms with Crippen LogP contribution >= 0.6 is 0 Å². The van der Waals surface area contributed by atoms with Crippen molar-refractivity contribution >= 4 is 0 Å². The van der Waals surface area contributed by atoms with E-state index in [1.807, 2.05) is 6.92 Å². The van der Waals surface area contributed by atoms with E-state index in [1.54, 1.807) is 6.08 Å². The second kappa shape index (κ2) is 8.08. The molecule has 1 saturated carbocycles. The number of rotatable bonds is 3. The van der Waals surface area contributed by atoms with Crippen molar-refractivity contribution in [2.45, 2.75) is 45.4 Å². The lowest BCUT2D eigenvalue weighted by Crippen LogP contribution is -2.11. The van der Waals surface area contributed by atoms with Crippen LogP contribution in [0.25, 0.3) is 0 Å². The predicted octanol–water partition coefficient (Wildman–Crippen LogP) is 5.56. The van der Waals surface area contributed by atoms with Gasteiger partial charge in [0.1, 0.15) is 11.6 Å². The molecule has 0 aromatic heterocycles. The lowest BCUT2D eigenvalue weighted by molar-refractivity contribution is 0.362. The molecule has 0 saturated heterocycles. The summed E-state index contributed by atoms with van der Waals surface area (Å²) in [6, 6.07) is 2.75. The lowest BCUT2D eigenvalue weighted by atomic mass is 9.82. The molecule has 1 aromatic carbocycles. The van der Waals surface area contributed by atoms with Crippen LogP contribution in [0.15, 0.2) is 24.5 Å². The third kappa shape index (κ3) is 4.40. The minimum absolute atomic E-state index is 0.134. The third-order valence-corrected chi connectivity index (χ3v) is 4.16. The molecule has 0 aliphatic heterocycles. The summed E-state index contributed by atoms with van der Waals surface area (Å²) in [6.45, 7) is 1.97. The fraction of sp³-hybridized carbons (Fsp3) is 0.474. The van der Waals surface area contributed by atoms with Crippen molar-refractivity contribution in [3.8, 4) is 11.8 Å². The molecule has 0 N–H and O–H groups in total. The molecule has 1 aromatic rings. The first-order valence-electron chi connectivity index (χ1n) is 7.90. The lowest BCUT2D eigenvalue weighted by Gasteiger charge is -2.22. The Balaban J connectivity index is 2.06. The molecule has 0 atom stereocenters. The molecule has 0 amide bonds. The topological polar surface area (TPSA) is 0 Å². The highest BCUT2D eigenvalue weighted by molar-refractivity contribution is 5.39. The third-order valence-electron chi connectivity index (χ3n) is 4.16. The SMILES string of the molecule is CCCc1cc(F)c(C#CC2CCC(/C=C/F)CC2)c(F)c1. The van der Waals surface area contributed by atoms with Crippen LogP contribution in [0.1, 0.15) is 50.2 Å². The van der Waals surface area contributed by atoms with Gasteiger partial charge in [-0.1, -0.05) is 31.3 Å². The molecule has 0 unspecified atom stereocenters. The van der Waals surface area contributed by atoms with E-state index in [2.05, 4.69) is 11.8 Å². The van der Waals surface area contributed by atoms with Crippen LogP contribution in [-0.4, -0.2) is 0 Å². The number of hydrogen-bond donors (Lipinski definition) is 0. The molecule has 1 aliphatic carbocycles. The first-order chi connectivity index (χ1) is 10.6. The number of halogens is 3. The summed E-state index contributed by atoms with van der Waals surface area (Å²) < 4.78 is 40.0. The van der Waals surface area contributed by atoms with E-state index in [-0.39, 0.29) is 17.4 Å². The second-order valence-corrected chi connectivity index (χ2v) is 5.88. The maximum absolute atomic E-state index is 14.0. The quantitative estimate of drug-likeness (QED) is 0.641. The molecule has 0 nitrogen and oxygen atoms in total. The Hall–Kier alpha value is -1.69. The van der Waals surface area contributed by atoms with Gasteiger partial charge in [0.2, 0.25) is 0 Å². The van der Waals surface area contributed by atoms with Gasteiger partial charge in [-0.2, -0.15) is 0 Å². The molecular weight excluding hydrogens is 285 g/mol. The highest BCUT2D eigenvalue weighted by atomic mass is 19.1. The van der Waals surface area contributed by atoms with Crippen LogP contribution < -0.4 is 0 Å². The zero-order chi connectivity index (χ0) is 15.9. The fourth-order valence-electron chi connectivity index (χ4n) is 2.91. The number of allylic oxidation sites excluding steroid dienone is 1. The first-order valence-corrected chi connectivity index (χ1v) is 7.90. The van der Waals surface area contributed by atoms with Gasteiger partial charge < -0.3 is 0 Å². The molecule has 3 heteroatoms. The maximum Gasteiger partial charge on any atom is 0.142 e. The Morgan fingerprint density at radius 3 is 2.32 bits per heavy atom. The summed E-state index contributed by atoms with van der Waals surface area (Å²) in [6.07, 6.45) is 7.13. The number of aryl methyl sites for hydroxylation is 1. The van der Waals surface area contributed by atoms with Crippen molar-refractivity contribution in [3.05, 3.63) is 47.3 Å². The first kappa shape index (κ1) is 16.7. The van der Waals surface area contributed by atoms with Gasteiger partial charge in [0.25, 0.3) is 0 Å². The van der Waals surface area contributed by atoms with Crippen molar-refractivity contribution in [1.29, 1.82) is 0 Å². The Morgan fingerprint density at radius 1 is 1.14 bits per heavy atom. The molecule has 22 heavy (non-hydrogen) atoms.